The number of aldehydes is 1. The Morgan fingerprint density at radius 2 is 1.71 bits per heavy atom. The molecule has 2 nitrogen and oxygen atoms in total. The number of carbonyl (C=O) groups excluding carboxylic acids is 1. The van der Waals surface area contributed by atoms with Gasteiger partial charge in [-0.1, -0.05) is 42.5 Å². The van der Waals surface area contributed by atoms with Gasteiger partial charge >= 0.3 is 0 Å². The van der Waals surface area contributed by atoms with E-state index in [0.29, 0.717) is 0 Å². The third-order valence-electron chi connectivity index (χ3n) is 4.11. The van der Waals surface area contributed by atoms with E-state index in [0.717, 1.165) is 62.2 Å². The topological polar surface area (TPSA) is 26.3 Å². The maximum absolute atomic E-state index is 11.3. The number of alkyl halides is 1. The monoisotopic (exact) mass is 344 g/mol. The van der Waals surface area contributed by atoms with Gasteiger partial charge in [0.1, 0.15) is 12.0 Å². The van der Waals surface area contributed by atoms with E-state index < -0.39 is 0 Å². The molecule has 1 unspecified atom stereocenters. The molecule has 0 bridgehead atoms. The highest BCUT2D eigenvalue weighted by Crippen LogP contribution is 2.21. The summed E-state index contributed by atoms with van der Waals surface area (Å²) in [5.74, 6) is 1.59. The number of hydrogen-bond donors (Lipinski definition) is 0. The fourth-order valence-electron chi connectivity index (χ4n) is 2.65. The molecule has 0 amide bonds. The van der Waals surface area contributed by atoms with Crippen LogP contribution in [0, 0.1) is 0 Å². The average Bonchev–Trinajstić information content (AvgIpc) is 2.64. The fraction of sp³-hybridized carbons (Fsp3) is 0.381. The zero-order valence-corrected chi connectivity index (χ0v) is 14.8. The van der Waals surface area contributed by atoms with Crippen LogP contribution in [0.2, 0.25) is 0 Å². The van der Waals surface area contributed by atoms with Gasteiger partial charge < -0.3 is 9.53 Å². The molecule has 0 saturated heterocycles. The second-order valence-electron chi connectivity index (χ2n) is 5.93. The molecule has 0 N–H and O–H groups in total. The summed E-state index contributed by atoms with van der Waals surface area (Å²) in [6.07, 6.45) is 5.94. The lowest BCUT2D eigenvalue weighted by Gasteiger charge is -2.11. The molecule has 2 aromatic rings. The minimum atomic E-state index is -0.0379. The Hall–Kier alpha value is -1.80. The first-order valence-electron chi connectivity index (χ1n) is 8.61. The van der Waals surface area contributed by atoms with Crippen LogP contribution in [-0.4, -0.2) is 18.8 Å². The Morgan fingerprint density at radius 1 is 0.958 bits per heavy atom. The third-order valence-corrected chi connectivity index (χ3v) is 4.37. The van der Waals surface area contributed by atoms with E-state index in [1.54, 1.807) is 0 Å². The standard InChI is InChI=1S/C21H25ClO2/c22-15-5-2-6-16-24-21-13-10-18(11-14-21)9-12-20(17-23)19-7-3-1-4-8-19/h1,3-4,7-8,10-11,13-14,17,20H,2,5-6,9,12,15-16H2. The van der Waals surface area contributed by atoms with Crippen molar-refractivity contribution < 1.29 is 9.53 Å². The number of rotatable bonds is 11. The lowest BCUT2D eigenvalue weighted by Crippen LogP contribution is -2.02. The van der Waals surface area contributed by atoms with E-state index in [1.807, 2.05) is 42.5 Å². The molecule has 0 saturated carbocycles. The van der Waals surface area contributed by atoms with Gasteiger partial charge in [0.25, 0.3) is 0 Å². The van der Waals surface area contributed by atoms with E-state index in [4.69, 9.17) is 16.3 Å². The lowest BCUT2D eigenvalue weighted by molar-refractivity contribution is -0.109. The van der Waals surface area contributed by atoms with Crippen molar-refractivity contribution in [2.24, 2.45) is 0 Å². The summed E-state index contributed by atoms with van der Waals surface area (Å²) in [4.78, 5) is 11.3. The van der Waals surface area contributed by atoms with Crippen molar-refractivity contribution in [2.75, 3.05) is 12.5 Å². The van der Waals surface area contributed by atoms with Gasteiger partial charge in [-0.25, -0.2) is 0 Å². The molecule has 3 heteroatoms. The predicted molar refractivity (Wildman–Crippen MR) is 100 cm³/mol. The predicted octanol–water partition coefficient (Wildman–Crippen LogP) is 5.39. The Kier molecular flexibility index (Phi) is 8.40. The smallest absolute Gasteiger partial charge is 0.127 e. The Morgan fingerprint density at radius 3 is 2.38 bits per heavy atom. The maximum Gasteiger partial charge on any atom is 0.127 e. The molecule has 1 atom stereocenters. The normalized spacial score (nSPS) is 11.9. The van der Waals surface area contributed by atoms with Gasteiger partial charge in [0, 0.05) is 11.8 Å². The molecule has 128 valence electrons. The van der Waals surface area contributed by atoms with Crippen LogP contribution in [0.3, 0.4) is 0 Å². The van der Waals surface area contributed by atoms with Crippen LogP contribution in [0.15, 0.2) is 54.6 Å². The number of benzene rings is 2. The van der Waals surface area contributed by atoms with Crippen LogP contribution in [0.4, 0.5) is 0 Å². The first-order chi connectivity index (χ1) is 11.8. The minimum Gasteiger partial charge on any atom is -0.494 e. The molecule has 2 aromatic carbocycles. The summed E-state index contributed by atoms with van der Waals surface area (Å²) in [6.45, 7) is 0.734. The average molecular weight is 345 g/mol. The van der Waals surface area contributed by atoms with Crippen LogP contribution < -0.4 is 4.74 Å². The van der Waals surface area contributed by atoms with Crippen LogP contribution >= 0.6 is 11.6 Å². The van der Waals surface area contributed by atoms with Crippen molar-refractivity contribution in [3.05, 3.63) is 65.7 Å². The Balaban J connectivity index is 1.78. The van der Waals surface area contributed by atoms with E-state index in [-0.39, 0.29) is 5.92 Å². The first kappa shape index (κ1) is 18.5. The van der Waals surface area contributed by atoms with Crippen molar-refractivity contribution in [2.45, 2.75) is 38.0 Å². The quantitative estimate of drug-likeness (QED) is 0.310. The van der Waals surface area contributed by atoms with Crippen LogP contribution in [0.1, 0.15) is 42.7 Å². The van der Waals surface area contributed by atoms with Crippen molar-refractivity contribution in [3.8, 4) is 5.75 Å². The highest BCUT2D eigenvalue weighted by atomic mass is 35.5. The molecular weight excluding hydrogens is 320 g/mol. The molecule has 2 rings (SSSR count). The number of unbranched alkanes of at least 4 members (excludes halogenated alkanes) is 2. The van der Waals surface area contributed by atoms with Gasteiger partial charge in [0.15, 0.2) is 0 Å². The lowest BCUT2D eigenvalue weighted by atomic mass is 9.94. The van der Waals surface area contributed by atoms with Gasteiger partial charge in [-0.3, -0.25) is 0 Å². The second kappa shape index (κ2) is 10.9. The first-order valence-corrected chi connectivity index (χ1v) is 9.15. The Labute approximate surface area is 149 Å². The molecule has 0 aliphatic carbocycles. The summed E-state index contributed by atoms with van der Waals surface area (Å²) < 4.78 is 5.72. The Bertz CT molecular complexity index is 581. The van der Waals surface area contributed by atoms with Gasteiger partial charge in [-0.15, -0.1) is 11.6 Å². The molecule has 0 heterocycles. The van der Waals surface area contributed by atoms with Gasteiger partial charge in [0.2, 0.25) is 0 Å². The van der Waals surface area contributed by atoms with E-state index in [9.17, 15) is 4.79 Å². The second-order valence-corrected chi connectivity index (χ2v) is 6.31. The van der Waals surface area contributed by atoms with Gasteiger partial charge in [0.05, 0.1) is 6.61 Å². The SMILES string of the molecule is O=CC(CCc1ccc(OCCCCCCl)cc1)c1ccccc1. The summed E-state index contributed by atoms with van der Waals surface area (Å²) in [6, 6.07) is 18.1. The maximum atomic E-state index is 11.3. The molecule has 0 aliphatic rings. The number of halogens is 1. The van der Waals surface area contributed by atoms with Crippen LogP contribution in [0.25, 0.3) is 0 Å². The van der Waals surface area contributed by atoms with Crippen molar-refractivity contribution >= 4 is 17.9 Å². The van der Waals surface area contributed by atoms with Crippen molar-refractivity contribution in [3.63, 3.8) is 0 Å². The van der Waals surface area contributed by atoms with E-state index >= 15 is 0 Å². The molecule has 0 aromatic heterocycles. The molecule has 0 radical (unpaired) electrons. The molecule has 0 fully saturated rings. The minimum absolute atomic E-state index is 0.0379. The molecular formula is C21H25ClO2. The zero-order valence-electron chi connectivity index (χ0n) is 14.0. The summed E-state index contributed by atoms with van der Waals surface area (Å²) in [7, 11) is 0. The number of ether oxygens (including phenoxy) is 1. The van der Waals surface area contributed by atoms with Gasteiger partial charge in [-0.05, 0) is 55.4 Å². The molecule has 0 spiro atoms. The highest BCUT2D eigenvalue weighted by molar-refractivity contribution is 6.17. The van der Waals surface area contributed by atoms with E-state index in [2.05, 4.69) is 12.1 Å². The number of carbonyl (C=O) groups is 1. The summed E-state index contributed by atoms with van der Waals surface area (Å²) >= 11 is 5.65. The van der Waals surface area contributed by atoms with Crippen LogP contribution in [-0.2, 0) is 11.2 Å². The summed E-state index contributed by atoms with van der Waals surface area (Å²) in [5, 5.41) is 0. The molecule has 24 heavy (non-hydrogen) atoms. The zero-order chi connectivity index (χ0) is 17.0. The number of hydrogen-bond acceptors (Lipinski definition) is 2. The van der Waals surface area contributed by atoms with Crippen molar-refractivity contribution in [1.29, 1.82) is 0 Å². The highest BCUT2D eigenvalue weighted by Gasteiger charge is 2.10. The fourth-order valence-corrected chi connectivity index (χ4v) is 2.84. The largest absolute Gasteiger partial charge is 0.494 e. The molecule has 0 aliphatic heterocycles. The summed E-state index contributed by atoms with van der Waals surface area (Å²) in [5.41, 5.74) is 2.32. The van der Waals surface area contributed by atoms with Crippen molar-refractivity contribution in [1.82, 2.24) is 0 Å². The van der Waals surface area contributed by atoms with E-state index in [1.165, 1.54) is 5.56 Å². The number of aryl methyl sites for hydroxylation is 1. The van der Waals surface area contributed by atoms with Crippen LogP contribution in [0.5, 0.6) is 5.75 Å². The third kappa shape index (κ3) is 6.37. The van der Waals surface area contributed by atoms with Gasteiger partial charge in [-0.2, -0.15) is 0 Å².